The number of benzene rings is 1. The molecule has 1 unspecified atom stereocenters. The summed E-state index contributed by atoms with van der Waals surface area (Å²) in [6, 6.07) is 0. The van der Waals surface area contributed by atoms with Crippen LogP contribution in [0.1, 0.15) is 82.8 Å². The number of carbonyl (C=O) groups is 3. The van der Waals surface area contributed by atoms with Crippen LogP contribution in [0.3, 0.4) is 0 Å². The highest BCUT2D eigenvalue weighted by molar-refractivity contribution is 6.19. The fourth-order valence-electron chi connectivity index (χ4n) is 4.55. The topological polar surface area (TPSA) is 132 Å². The first kappa shape index (κ1) is 25.4. The van der Waals surface area contributed by atoms with Gasteiger partial charge in [0.15, 0.2) is 17.3 Å². The summed E-state index contributed by atoms with van der Waals surface area (Å²) >= 11 is 0. The van der Waals surface area contributed by atoms with Crippen LogP contribution < -0.4 is 0 Å². The quantitative estimate of drug-likeness (QED) is 0.380. The van der Waals surface area contributed by atoms with Crippen LogP contribution in [0.25, 0.3) is 0 Å². The SMILES string of the molecule is Cc1c(O)c(C(=O)C(C)C)c(O)c(C(C2=C(O)C(C)(C)C(=O)C(C)(C)C2=O)C(C)C)c1O. The highest BCUT2D eigenvalue weighted by Gasteiger charge is 2.55. The molecule has 176 valence electrons. The fourth-order valence-corrected chi connectivity index (χ4v) is 4.55. The number of Topliss-reactive ketones (excluding diaryl/α,β-unsaturated/α-hetero) is 3. The molecule has 0 saturated heterocycles. The molecule has 1 atom stereocenters. The first-order valence-corrected chi connectivity index (χ1v) is 10.8. The molecule has 7 heteroatoms. The minimum atomic E-state index is -1.44. The maximum Gasteiger partial charge on any atom is 0.175 e. The molecule has 4 N–H and O–H groups in total. The lowest BCUT2D eigenvalue weighted by atomic mass is 9.60. The summed E-state index contributed by atoms with van der Waals surface area (Å²) in [5, 5.41) is 43.6. The molecule has 1 aliphatic rings. The summed E-state index contributed by atoms with van der Waals surface area (Å²) < 4.78 is 0. The van der Waals surface area contributed by atoms with E-state index < -0.39 is 68.9 Å². The van der Waals surface area contributed by atoms with E-state index in [0.717, 1.165) is 0 Å². The average molecular weight is 447 g/mol. The number of carbonyl (C=O) groups excluding carboxylic acids is 3. The highest BCUT2D eigenvalue weighted by atomic mass is 16.3. The second kappa shape index (κ2) is 7.94. The average Bonchev–Trinajstić information content (AvgIpc) is 2.68. The van der Waals surface area contributed by atoms with E-state index in [1.165, 1.54) is 34.6 Å². The zero-order valence-corrected chi connectivity index (χ0v) is 20.2. The number of hydrogen-bond acceptors (Lipinski definition) is 7. The molecule has 32 heavy (non-hydrogen) atoms. The molecule has 0 aliphatic heterocycles. The molecular weight excluding hydrogens is 412 g/mol. The Morgan fingerprint density at radius 2 is 1.31 bits per heavy atom. The van der Waals surface area contributed by atoms with Crippen LogP contribution in [0.2, 0.25) is 0 Å². The van der Waals surface area contributed by atoms with E-state index in [1.807, 2.05) is 0 Å². The Morgan fingerprint density at radius 3 is 1.75 bits per heavy atom. The lowest BCUT2D eigenvalue weighted by Crippen LogP contribution is -2.50. The lowest BCUT2D eigenvalue weighted by molar-refractivity contribution is -0.144. The predicted octanol–water partition coefficient (Wildman–Crippen LogP) is 4.71. The van der Waals surface area contributed by atoms with Crippen molar-refractivity contribution >= 4 is 17.3 Å². The normalized spacial score (nSPS) is 19.1. The predicted molar refractivity (Wildman–Crippen MR) is 120 cm³/mol. The maximum atomic E-state index is 13.5. The number of rotatable bonds is 5. The van der Waals surface area contributed by atoms with E-state index in [4.69, 9.17) is 0 Å². The number of aliphatic hydroxyl groups excluding tert-OH is 1. The van der Waals surface area contributed by atoms with Crippen LogP contribution in [0.5, 0.6) is 17.2 Å². The second-order valence-electron chi connectivity index (χ2n) is 10.4. The van der Waals surface area contributed by atoms with Gasteiger partial charge in [0.2, 0.25) is 0 Å². The van der Waals surface area contributed by atoms with Crippen molar-refractivity contribution in [1.82, 2.24) is 0 Å². The van der Waals surface area contributed by atoms with Crippen LogP contribution in [0.4, 0.5) is 0 Å². The van der Waals surface area contributed by atoms with Gasteiger partial charge in [-0.05, 0) is 40.5 Å². The monoisotopic (exact) mass is 446 g/mol. The van der Waals surface area contributed by atoms with E-state index >= 15 is 0 Å². The largest absolute Gasteiger partial charge is 0.511 e. The van der Waals surface area contributed by atoms with Crippen molar-refractivity contribution in [1.29, 1.82) is 0 Å². The molecule has 2 rings (SSSR count). The van der Waals surface area contributed by atoms with E-state index in [0.29, 0.717) is 0 Å². The van der Waals surface area contributed by atoms with Gasteiger partial charge in [-0.15, -0.1) is 0 Å². The van der Waals surface area contributed by atoms with Gasteiger partial charge >= 0.3 is 0 Å². The smallest absolute Gasteiger partial charge is 0.175 e. The standard InChI is InChI=1S/C25H34O7/c1-10(2)13(15-21(30)24(6,7)23(32)25(8,9)22(15)31)14-18(27)12(5)19(28)16(20(14)29)17(26)11(3)4/h10-11,13,27-30H,1-9H3. The van der Waals surface area contributed by atoms with Crippen molar-refractivity contribution in [3.8, 4) is 17.2 Å². The van der Waals surface area contributed by atoms with Crippen molar-refractivity contribution in [2.45, 2.75) is 68.2 Å². The molecule has 0 bridgehead atoms. The van der Waals surface area contributed by atoms with Gasteiger partial charge in [-0.2, -0.15) is 0 Å². The van der Waals surface area contributed by atoms with Crippen LogP contribution in [-0.4, -0.2) is 37.8 Å². The number of aliphatic hydroxyl groups is 1. The van der Waals surface area contributed by atoms with Gasteiger partial charge in [0.1, 0.15) is 28.6 Å². The maximum absolute atomic E-state index is 13.5. The van der Waals surface area contributed by atoms with Crippen molar-refractivity contribution in [3.05, 3.63) is 28.0 Å². The zero-order valence-electron chi connectivity index (χ0n) is 20.2. The Kier molecular flexibility index (Phi) is 6.31. The summed E-state index contributed by atoms with van der Waals surface area (Å²) in [6.45, 7) is 14.1. The number of phenols is 3. The fraction of sp³-hybridized carbons (Fsp3) is 0.560. The number of ketones is 3. The molecule has 0 saturated carbocycles. The Morgan fingerprint density at radius 1 is 0.812 bits per heavy atom. The van der Waals surface area contributed by atoms with Crippen LogP contribution in [0, 0.1) is 29.6 Å². The molecule has 0 fully saturated rings. The molecule has 7 nitrogen and oxygen atoms in total. The van der Waals surface area contributed by atoms with E-state index in [-0.39, 0.29) is 22.3 Å². The van der Waals surface area contributed by atoms with E-state index in [2.05, 4.69) is 0 Å². The van der Waals surface area contributed by atoms with Crippen LogP contribution in [-0.2, 0) is 9.59 Å². The zero-order chi connectivity index (χ0) is 25.1. The van der Waals surface area contributed by atoms with E-state index in [1.54, 1.807) is 27.7 Å². The third-order valence-electron chi connectivity index (χ3n) is 6.55. The molecular formula is C25H34O7. The van der Waals surface area contributed by atoms with Gasteiger partial charge in [-0.25, -0.2) is 0 Å². The number of allylic oxidation sites excluding steroid dienone is 2. The molecule has 0 aromatic heterocycles. The first-order valence-electron chi connectivity index (χ1n) is 10.8. The number of hydrogen-bond donors (Lipinski definition) is 4. The number of phenolic OH excluding ortho intramolecular Hbond substituents is 3. The van der Waals surface area contributed by atoms with Gasteiger partial charge < -0.3 is 20.4 Å². The lowest BCUT2D eigenvalue weighted by Gasteiger charge is -2.41. The molecule has 0 heterocycles. The minimum absolute atomic E-state index is 0.0228. The third kappa shape index (κ3) is 3.48. The van der Waals surface area contributed by atoms with Gasteiger partial charge in [-0.3, -0.25) is 14.4 Å². The van der Waals surface area contributed by atoms with Crippen molar-refractivity contribution in [2.24, 2.45) is 22.7 Å². The Hall–Kier alpha value is -2.83. The third-order valence-corrected chi connectivity index (χ3v) is 6.55. The summed E-state index contributed by atoms with van der Waals surface area (Å²) in [7, 11) is 0. The van der Waals surface area contributed by atoms with Gasteiger partial charge in [0, 0.05) is 28.5 Å². The van der Waals surface area contributed by atoms with Crippen LogP contribution in [0.15, 0.2) is 11.3 Å². The Labute approximate surface area is 188 Å². The van der Waals surface area contributed by atoms with Gasteiger partial charge in [0.25, 0.3) is 0 Å². The highest BCUT2D eigenvalue weighted by Crippen LogP contribution is 2.54. The molecule has 0 spiro atoms. The molecule has 1 aromatic rings. The molecule has 0 amide bonds. The van der Waals surface area contributed by atoms with Crippen molar-refractivity contribution < 1.29 is 34.8 Å². The van der Waals surface area contributed by atoms with Gasteiger partial charge in [0.05, 0.1) is 10.8 Å². The van der Waals surface area contributed by atoms with Crippen molar-refractivity contribution in [2.75, 3.05) is 0 Å². The van der Waals surface area contributed by atoms with Gasteiger partial charge in [-0.1, -0.05) is 27.7 Å². The summed E-state index contributed by atoms with van der Waals surface area (Å²) in [4.78, 5) is 39.2. The van der Waals surface area contributed by atoms with Crippen LogP contribution >= 0.6 is 0 Å². The summed E-state index contributed by atoms with van der Waals surface area (Å²) in [5.41, 5.74) is -3.39. The summed E-state index contributed by atoms with van der Waals surface area (Å²) in [5.74, 6) is -5.67. The van der Waals surface area contributed by atoms with Crippen molar-refractivity contribution in [3.63, 3.8) is 0 Å². The Balaban J connectivity index is 3.02. The minimum Gasteiger partial charge on any atom is -0.511 e. The summed E-state index contributed by atoms with van der Waals surface area (Å²) in [6.07, 6.45) is 0. The molecule has 1 aliphatic carbocycles. The molecule has 0 radical (unpaired) electrons. The van der Waals surface area contributed by atoms with E-state index in [9.17, 15) is 34.8 Å². The number of aromatic hydroxyl groups is 3. The Bertz CT molecular complexity index is 1040. The molecule has 1 aromatic carbocycles. The second-order valence-corrected chi connectivity index (χ2v) is 10.4. The first-order chi connectivity index (χ1) is 14.4.